The van der Waals surface area contributed by atoms with Gasteiger partial charge < -0.3 is 0 Å². The van der Waals surface area contributed by atoms with E-state index in [-0.39, 0.29) is 0 Å². The Morgan fingerprint density at radius 2 is 1.80 bits per heavy atom. The van der Waals surface area contributed by atoms with Gasteiger partial charge in [-0.05, 0) is 38.5 Å². The van der Waals surface area contributed by atoms with E-state index in [4.69, 9.17) is 0 Å². The summed E-state index contributed by atoms with van der Waals surface area (Å²) >= 11 is 0. The van der Waals surface area contributed by atoms with Gasteiger partial charge in [0.05, 0.1) is 11.3 Å². The van der Waals surface area contributed by atoms with Crippen molar-refractivity contribution in [2.24, 2.45) is 4.99 Å². The van der Waals surface area contributed by atoms with Crippen molar-refractivity contribution < 1.29 is 13.2 Å². The molecule has 0 aliphatic carbocycles. The molecule has 0 saturated heterocycles. The van der Waals surface area contributed by atoms with Gasteiger partial charge >= 0.3 is 6.18 Å². The number of alkyl halides is 3. The Morgan fingerprint density at radius 1 is 1.20 bits per heavy atom. The Hall–Kier alpha value is -1.32. The van der Waals surface area contributed by atoms with Crippen molar-refractivity contribution in [1.82, 2.24) is 0 Å². The molecular weight excluding hydrogens is 203 g/mol. The Balaban J connectivity index is 3.23. The summed E-state index contributed by atoms with van der Waals surface area (Å²) in [5.41, 5.74) is 1.19. The van der Waals surface area contributed by atoms with Crippen molar-refractivity contribution in [3.05, 3.63) is 29.3 Å². The first-order chi connectivity index (χ1) is 6.80. The molecule has 1 aromatic rings. The van der Waals surface area contributed by atoms with E-state index in [0.29, 0.717) is 5.69 Å². The molecule has 0 N–H and O–H groups in total. The Kier molecular flexibility index (Phi) is 3.17. The van der Waals surface area contributed by atoms with E-state index in [1.165, 1.54) is 6.07 Å². The molecule has 0 atom stereocenters. The largest absolute Gasteiger partial charge is 0.416 e. The van der Waals surface area contributed by atoms with Crippen molar-refractivity contribution >= 4 is 11.4 Å². The maximum atomic E-state index is 12.4. The van der Waals surface area contributed by atoms with Crippen LogP contribution < -0.4 is 0 Å². The first-order valence-corrected chi connectivity index (χ1v) is 4.50. The smallest absolute Gasteiger partial charge is 0.258 e. The van der Waals surface area contributed by atoms with Gasteiger partial charge in [-0.3, -0.25) is 4.99 Å². The fourth-order valence-electron chi connectivity index (χ4n) is 1.15. The van der Waals surface area contributed by atoms with E-state index >= 15 is 0 Å². The summed E-state index contributed by atoms with van der Waals surface area (Å²) in [5.74, 6) is 0. The molecule has 0 bridgehead atoms. The number of aliphatic imine (C=N–C) groups is 1. The first kappa shape index (κ1) is 11.8. The summed E-state index contributed by atoms with van der Waals surface area (Å²) in [6.07, 6.45) is -4.31. The standard InChI is InChI=1S/C11H12F3N/c1-7(2)15-10-6-9(11(12,13)14)5-4-8(10)3/h4-6H,1-3H3. The van der Waals surface area contributed by atoms with Crippen molar-refractivity contribution in [3.8, 4) is 0 Å². The van der Waals surface area contributed by atoms with Crippen LogP contribution in [0.25, 0.3) is 0 Å². The zero-order valence-corrected chi connectivity index (χ0v) is 8.81. The zero-order chi connectivity index (χ0) is 11.6. The molecule has 0 fully saturated rings. The van der Waals surface area contributed by atoms with Gasteiger partial charge in [-0.25, -0.2) is 0 Å². The second kappa shape index (κ2) is 4.04. The zero-order valence-electron chi connectivity index (χ0n) is 8.81. The van der Waals surface area contributed by atoms with E-state index < -0.39 is 11.7 Å². The lowest BCUT2D eigenvalue weighted by molar-refractivity contribution is -0.137. The highest BCUT2D eigenvalue weighted by Crippen LogP contribution is 2.32. The van der Waals surface area contributed by atoms with E-state index in [1.807, 2.05) is 0 Å². The van der Waals surface area contributed by atoms with Gasteiger partial charge in [-0.15, -0.1) is 0 Å². The SMILES string of the molecule is CC(C)=Nc1cc(C(F)(F)F)ccc1C. The monoisotopic (exact) mass is 215 g/mol. The minimum atomic E-state index is -4.31. The molecule has 0 heterocycles. The lowest BCUT2D eigenvalue weighted by Crippen LogP contribution is -2.04. The average molecular weight is 215 g/mol. The Morgan fingerprint density at radius 3 is 2.27 bits per heavy atom. The molecule has 0 unspecified atom stereocenters. The predicted octanol–water partition coefficient (Wildman–Crippen LogP) is 4.13. The third-order valence-corrected chi connectivity index (χ3v) is 1.88. The van der Waals surface area contributed by atoms with Gasteiger partial charge in [0.25, 0.3) is 0 Å². The van der Waals surface area contributed by atoms with Gasteiger partial charge in [0, 0.05) is 5.71 Å². The molecule has 0 amide bonds. The van der Waals surface area contributed by atoms with Crippen LogP contribution in [0.1, 0.15) is 25.0 Å². The molecule has 82 valence electrons. The van der Waals surface area contributed by atoms with Crippen LogP contribution in [-0.2, 0) is 6.18 Å². The molecule has 15 heavy (non-hydrogen) atoms. The summed E-state index contributed by atoms with van der Waals surface area (Å²) in [7, 11) is 0. The second-order valence-electron chi connectivity index (χ2n) is 3.56. The molecule has 0 saturated carbocycles. The lowest BCUT2D eigenvalue weighted by atomic mass is 10.1. The first-order valence-electron chi connectivity index (χ1n) is 4.50. The van der Waals surface area contributed by atoms with Crippen LogP contribution in [0.3, 0.4) is 0 Å². The summed E-state index contributed by atoms with van der Waals surface area (Å²) in [4.78, 5) is 4.05. The quantitative estimate of drug-likeness (QED) is 0.624. The molecular formula is C11H12F3N. The van der Waals surface area contributed by atoms with Gasteiger partial charge in [0.1, 0.15) is 0 Å². The molecule has 0 aliphatic heterocycles. The number of halogens is 3. The molecule has 1 rings (SSSR count). The Bertz CT molecular complexity index is 387. The minimum Gasteiger partial charge on any atom is -0.258 e. The predicted molar refractivity (Wildman–Crippen MR) is 54.6 cm³/mol. The number of hydrogen-bond donors (Lipinski definition) is 0. The molecule has 1 nitrogen and oxygen atoms in total. The van der Waals surface area contributed by atoms with Crippen LogP contribution in [0, 0.1) is 6.92 Å². The number of nitrogens with zero attached hydrogens (tertiary/aromatic N) is 1. The highest BCUT2D eigenvalue weighted by molar-refractivity contribution is 5.82. The number of rotatable bonds is 1. The third kappa shape index (κ3) is 3.08. The second-order valence-corrected chi connectivity index (χ2v) is 3.56. The highest BCUT2D eigenvalue weighted by atomic mass is 19.4. The summed E-state index contributed by atoms with van der Waals surface area (Å²) in [6, 6.07) is 3.58. The minimum absolute atomic E-state index is 0.379. The van der Waals surface area contributed by atoms with Crippen LogP contribution in [0.2, 0.25) is 0 Å². The van der Waals surface area contributed by atoms with Gasteiger partial charge in [-0.2, -0.15) is 13.2 Å². The summed E-state index contributed by atoms with van der Waals surface area (Å²) < 4.78 is 37.2. The van der Waals surface area contributed by atoms with Gasteiger partial charge in [0.2, 0.25) is 0 Å². The van der Waals surface area contributed by atoms with E-state index in [0.717, 1.165) is 23.4 Å². The fourth-order valence-corrected chi connectivity index (χ4v) is 1.15. The molecule has 1 aromatic carbocycles. The number of aryl methyl sites for hydroxylation is 1. The van der Waals surface area contributed by atoms with E-state index in [9.17, 15) is 13.2 Å². The lowest BCUT2D eigenvalue weighted by Gasteiger charge is -2.08. The van der Waals surface area contributed by atoms with Crippen molar-refractivity contribution in [3.63, 3.8) is 0 Å². The topological polar surface area (TPSA) is 12.4 Å². The average Bonchev–Trinajstić information content (AvgIpc) is 2.06. The molecule has 4 heteroatoms. The summed E-state index contributed by atoms with van der Waals surface area (Å²) in [5, 5.41) is 0. The molecule has 0 radical (unpaired) electrons. The van der Waals surface area contributed by atoms with Gasteiger partial charge in [-0.1, -0.05) is 6.07 Å². The fraction of sp³-hybridized carbons (Fsp3) is 0.364. The Labute approximate surface area is 86.6 Å². The van der Waals surface area contributed by atoms with Crippen LogP contribution in [0.15, 0.2) is 23.2 Å². The van der Waals surface area contributed by atoms with Gasteiger partial charge in [0.15, 0.2) is 0 Å². The normalized spacial score (nSPS) is 11.3. The van der Waals surface area contributed by atoms with Crippen molar-refractivity contribution in [2.75, 3.05) is 0 Å². The van der Waals surface area contributed by atoms with E-state index in [1.54, 1.807) is 20.8 Å². The number of hydrogen-bond acceptors (Lipinski definition) is 1. The highest BCUT2D eigenvalue weighted by Gasteiger charge is 2.30. The number of benzene rings is 1. The molecule has 0 aliphatic rings. The molecule has 0 aromatic heterocycles. The van der Waals surface area contributed by atoms with Crippen molar-refractivity contribution in [2.45, 2.75) is 26.9 Å². The maximum absolute atomic E-state index is 12.4. The van der Waals surface area contributed by atoms with Crippen molar-refractivity contribution in [1.29, 1.82) is 0 Å². The van der Waals surface area contributed by atoms with Crippen LogP contribution in [0.5, 0.6) is 0 Å². The van der Waals surface area contributed by atoms with Crippen LogP contribution in [-0.4, -0.2) is 5.71 Å². The van der Waals surface area contributed by atoms with Crippen LogP contribution in [0.4, 0.5) is 18.9 Å². The maximum Gasteiger partial charge on any atom is 0.416 e. The van der Waals surface area contributed by atoms with Crippen LogP contribution >= 0.6 is 0 Å². The summed E-state index contributed by atoms with van der Waals surface area (Å²) in [6.45, 7) is 5.24. The third-order valence-electron chi connectivity index (χ3n) is 1.88. The van der Waals surface area contributed by atoms with E-state index in [2.05, 4.69) is 4.99 Å². The molecule has 0 spiro atoms.